The number of hydrogen-bond donors (Lipinski definition) is 0. The molecule has 1 unspecified atom stereocenters. The predicted molar refractivity (Wildman–Crippen MR) is 114 cm³/mol. The summed E-state index contributed by atoms with van der Waals surface area (Å²) in [6, 6.07) is 12.5. The van der Waals surface area contributed by atoms with E-state index in [0.717, 1.165) is 36.0 Å². The zero-order valence-electron chi connectivity index (χ0n) is 17.5. The Balaban J connectivity index is 1.56. The van der Waals surface area contributed by atoms with Crippen LogP contribution in [0, 0.1) is 20.8 Å². The van der Waals surface area contributed by atoms with Gasteiger partial charge < -0.3 is 9.64 Å². The number of nitrogens with zero attached hydrogens (tertiary/aromatic N) is 7. The second-order valence-corrected chi connectivity index (χ2v) is 7.74. The monoisotopic (exact) mass is 403 g/mol. The average Bonchev–Trinajstić information content (AvgIpc) is 3.32. The summed E-state index contributed by atoms with van der Waals surface area (Å²) in [5.41, 5.74) is 5.57. The topological polar surface area (TPSA) is 73.4 Å². The van der Waals surface area contributed by atoms with Crippen molar-refractivity contribution >= 4 is 11.6 Å². The summed E-state index contributed by atoms with van der Waals surface area (Å²) in [6.07, 6.45) is 1.55. The highest BCUT2D eigenvalue weighted by atomic mass is 16.5. The SMILES string of the molecule is Cc1cc(N2CCOCC2c2c(C)nn(Cc3ccccc3)c2C)n2ncnc2n1. The normalized spacial score (nSPS) is 17.0. The summed E-state index contributed by atoms with van der Waals surface area (Å²) in [5.74, 6) is 1.60. The fourth-order valence-electron chi connectivity index (χ4n) is 4.34. The van der Waals surface area contributed by atoms with Crippen molar-refractivity contribution in [3.8, 4) is 0 Å². The van der Waals surface area contributed by atoms with Gasteiger partial charge in [0.25, 0.3) is 5.78 Å². The molecule has 4 aromatic rings. The molecule has 0 bridgehead atoms. The van der Waals surface area contributed by atoms with E-state index >= 15 is 0 Å². The highest BCUT2D eigenvalue weighted by Crippen LogP contribution is 2.33. The number of aromatic nitrogens is 6. The van der Waals surface area contributed by atoms with Crippen LogP contribution in [-0.4, -0.2) is 49.1 Å². The van der Waals surface area contributed by atoms with E-state index in [1.807, 2.05) is 17.5 Å². The Hall–Kier alpha value is -3.26. The number of rotatable bonds is 4. The van der Waals surface area contributed by atoms with Gasteiger partial charge in [0.1, 0.15) is 12.1 Å². The molecule has 8 heteroatoms. The minimum absolute atomic E-state index is 0.0532. The van der Waals surface area contributed by atoms with Crippen molar-refractivity contribution < 1.29 is 4.74 Å². The number of aryl methyl sites for hydroxylation is 2. The Morgan fingerprint density at radius 2 is 1.97 bits per heavy atom. The third-order valence-corrected chi connectivity index (χ3v) is 5.73. The number of ether oxygens (including phenoxy) is 1. The molecule has 1 aliphatic rings. The second kappa shape index (κ2) is 7.53. The average molecular weight is 403 g/mol. The van der Waals surface area contributed by atoms with Gasteiger partial charge in [-0.3, -0.25) is 4.68 Å². The molecule has 0 N–H and O–H groups in total. The van der Waals surface area contributed by atoms with Crippen LogP contribution in [0.2, 0.25) is 0 Å². The molecule has 8 nitrogen and oxygen atoms in total. The van der Waals surface area contributed by atoms with Gasteiger partial charge in [0.05, 0.1) is 31.5 Å². The number of hydrogen-bond acceptors (Lipinski definition) is 6. The summed E-state index contributed by atoms with van der Waals surface area (Å²) in [7, 11) is 0. The van der Waals surface area contributed by atoms with Crippen molar-refractivity contribution in [2.75, 3.05) is 24.7 Å². The number of fused-ring (bicyclic) bond motifs is 1. The molecule has 0 radical (unpaired) electrons. The lowest BCUT2D eigenvalue weighted by Crippen LogP contribution is -2.41. The van der Waals surface area contributed by atoms with E-state index in [1.165, 1.54) is 11.1 Å². The van der Waals surface area contributed by atoms with Crippen LogP contribution in [0.25, 0.3) is 5.78 Å². The Bertz CT molecular complexity index is 1180. The molecule has 1 fully saturated rings. The summed E-state index contributed by atoms with van der Waals surface area (Å²) in [5, 5.41) is 9.27. The number of morpholine rings is 1. The standard InChI is InChI=1S/C22H25N7O/c1-15-11-20(29-22(25-15)23-14-24-29)27-9-10-30-13-19(27)21-16(2)26-28(17(21)3)12-18-7-5-4-6-8-18/h4-8,11,14,19H,9-10,12-13H2,1-3H3. The van der Waals surface area contributed by atoms with Crippen LogP contribution in [0.15, 0.2) is 42.7 Å². The van der Waals surface area contributed by atoms with Crippen LogP contribution in [0.4, 0.5) is 5.82 Å². The van der Waals surface area contributed by atoms with E-state index in [4.69, 9.17) is 9.84 Å². The van der Waals surface area contributed by atoms with Crippen molar-refractivity contribution in [2.45, 2.75) is 33.4 Å². The van der Waals surface area contributed by atoms with Gasteiger partial charge in [-0.25, -0.2) is 4.98 Å². The third kappa shape index (κ3) is 3.23. The molecule has 0 amide bonds. The van der Waals surface area contributed by atoms with Crippen molar-refractivity contribution in [1.82, 2.24) is 29.4 Å². The molecule has 1 aromatic carbocycles. The van der Waals surface area contributed by atoms with Crippen molar-refractivity contribution in [2.24, 2.45) is 0 Å². The van der Waals surface area contributed by atoms with E-state index in [-0.39, 0.29) is 6.04 Å². The molecule has 1 aliphatic heterocycles. The summed E-state index contributed by atoms with van der Waals surface area (Å²) in [4.78, 5) is 11.1. The molecule has 1 atom stereocenters. The first-order valence-electron chi connectivity index (χ1n) is 10.2. The first kappa shape index (κ1) is 18.7. The zero-order chi connectivity index (χ0) is 20.7. The van der Waals surface area contributed by atoms with Crippen LogP contribution in [-0.2, 0) is 11.3 Å². The molecule has 0 spiro atoms. The van der Waals surface area contributed by atoms with E-state index in [9.17, 15) is 0 Å². The quantitative estimate of drug-likeness (QED) is 0.522. The van der Waals surface area contributed by atoms with E-state index in [1.54, 1.807) is 6.33 Å². The van der Waals surface area contributed by atoms with Crippen molar-refractivity contribution in [3.05, 3.63) is 70.9 Å². The smallest absolute Gasteiger partial charge is 0.254 e. The van der Waals surface area contributed by atoms with Gasteiger partial charge in [-0.05, 0) is 26.3 Å². The fourth-order valence-corrected chi connectivity index (χ4v) is 4.34. The Morgan fingerprint density at radius 3 is 2.80 bits per heavy atom. The fraction of sp³-hybridized carbons (Fsp3) is 0.364. The maximum absolute atomic E-state index is 5.91. The molecule has 0 aliphatic carbocycles. The minimum Gasteiger partial charge on any atom is -0.377 e. The molecule has 5 rings (SSSR count). The minimum atomic E-state index is 0.0532. The summed E-state index contributed by atoms with van der Waals surface area (Å²) < 4.78 is 9.81. The summed E-state index contributed by atoms with van der Waals surface area (Å²) >= 11 is 0. The Labute approximate surface area is 175 Å². The van der Waals surface area contributed by atoms with Crippen LogP contribution >= 0.6 is 0 Å². The van der Waals surface area contributed by atoms with E-state index in [0.29, 0.717) is 19.0 Å². The lowest BCUT2D eigenvalue weighted by atomic mass is 10.0. The van der Waals surface area contributed by atoms with Crippen LogP contribution in [0.3, 0.4) is 0 Å². The van der Waals surface area contributed by atoms with Crippen molar-refractivity contribution in [1.29, 1.82) is 0 Å². The van der Waals surface area contributed by atoms with Gasteiger partial charge in [-0.15, -0.1) is 0 Å². The highest BCUT2D eigenvalue weighted by molar-refractivity contribution is 5.51. The lowest BCUT2D eigenvalue weighted by Gasteiger charge is -2.37. The van der Waals surface area contributed by atoms with E-state index in [2.05, 4.69) is 68.8 Å². The number of anilines is 1. The Kier molecular flexibility index (Phi) is 4.71. The molecule has 3 aromatic heterocycles. The molecule has 4 heterocycles. The largest absolute Gasteiger partial charge is 0.377 e. The van der Waals surface area contributed by atoms with E-state index < -0.39 is 0 Å². The van der Waals surface area contributed by atoms with Crippen LogP contribution < -0.4 is 4.90 Å². The van der Waals surface area contributed by atoms with Crippen LogP contribution in [0.1, 0.15) is 34.3 Å². The first-order chi connectivity index (χ1) is 14.6. The maximum atomic E-state index is 5.91. The molecule has 30 heavy (non-hydrogen) atoms. The summed E-state index contributed by atoms with van der Waals surface area (Å²) in [6.45, 7) is 9.02. The van der Waals surface area contributed by atoms with Gasteiger partial charge in [-0.1, -0.05) is 30.3 Å². The van der Waals surface area contributed by atoms with Gasteiger partial charge in [0.2, 0.25) is 0 Å². The van der Waals surface area contributed by atoms with Gasteiger partial charge in [-0.2, -0.15) is 19.7 Å². The van der Waals surface area contributed by atoms with Gasteiger partial charge in [0, 0.05) is 29.6 Å². The lowest BCUT2D eigenvalue weighted by molar-refractivity contribution is 0.0931. The number of benzene rings is 1. The van der Waals surface area contributed by atoms with Gasteiger partial charge >= 0.3 is 0 Å². The third-order valence-electron chi connectivity index (χ3n) is 5.73. The van der Waals surface area contributed by atoms with Crippen molar-refractivity contribution in [3.63, 3.8) is 0 Å². The highest BCUT2D eigenvalue weighted by Gasteiger charge is 2.31. The zero-order valence-corrected chi connectivity index (χ0v) is 17.5. The molecular weight excluding hydrogens is 378 g/mol. The van der Waals surface area contributed by atoms with Crippen LogP contribution in [0.5, 0.6) is 0 Å². The molecule has 0 saturated carbocycles. The molecule has 154 valence electrons. The first-order valence-corrected chi connectivity index (χ1v) is 10.2. The second-order valence-electron chi connectivity index (χ2n) is 7.74. The predicted octanol–water partition coefficient (Wildman–Crippen LogP) is 2.87. The maximum Gasteiger partial charge on any atom is 0.254 e. The molecular formula is C22H25N7O. The molecule has 1 saturated heterocycles. The Morgan fingerprint density at radius 1 is 1.13 bits per heavy atom. The van der Waals surface area contributed by atoms with Gasteiger partial charge in [0.15, 0.2) is 0 Å².